The van der Waals surface area contributed by atoms with Crippen LogP contribution in [-0.4, -0.2) is 27.1 Å². The molecule has 0 amide bonds. The first-order chi connectivity index (χ1) is 15.1. The fourth-order valence-electron chi connectivity index (χ4n) is 2.99. The molecule has 5 nitrogen and oxygen atoms in total. The Balaban J connectivity index is 1.65. The van der Waals surface area contributed by atoms with E-state index in [1.165, 1.54) is 6.08 Å². The molecule has 0 aromatic heterocycles. The Morgan fingerprint density at radius 3 is 1.97 bits per heavy atom. The zero-order valence-corrected chi connectivity index (χ0v) is 17.8. The maximum atomic E-state index is 12.1. The molecule has 0 saturated heterocycles. The van der Waals surface area contributed by atoms with Crippen molar-refractivity contribution < 1.29 is 19.0 Å². The summed E-state index contributed by atoms with van der Waals surface area (Å²) in [5.74, 6) is 1.74. The van der Waals surface area contributed by atoms with E-state index in [1.54, 1.807) is 39.7 Å². The van der Waals surface area contributed by atoms with Crippen LogP contribution >= 0.6 is 0 Å². The molecular weight excluding hydrogens is 390 g/mol. The van der Waals surface area contributed by atoms with Crippen LogP contribution in [0.5, 0.6) is 17.2 Å². The molecule has 3 rings (SSSR count). The lowest BCUT2D eigenvalue weighted by atomic mass is 10.1. The Kier molecular flexibility index (Phi) is 7.49. The van der Waals surface area contributed by atoms with Gasteiger partial charge in [-0.05, 0) is 35.4 Å². The second kappa shape index (κ2) is 10.7. The van der Waals surface area contributed by atoms with Gasteiger partial charge < -0.3 is 19.5 Å². The van der Waals surface area contributed by atoms with E-state index in [4.69, 9.17) is 14.2 Å². The summed E-state index contributed by atoms with van der Waals surface area (Å²) in [7, 11) is 4.77. The molecule has 0 atom stereocenters. The first-order valence-electron chi connectivity index (χ1n) is 9.75. The molecule has 0 radical (unpaired) electrons. The van der Waals surface area contributed by atoms with Gasteiger partial charge in [-0.15, -0.1) is 0 Å². The summed E-state index contributed by atoms with van der Waals surface area (Å²) in [5, 5.41) is 3.12. The lowest BCUT2D eigenvalue weighted by molar-refractivity contribution is 0.104. The summed E-state index contributed by atoms with van der Waals surface area (Å²) in [4.78, 5) is 12.1. The van der Waals surface area contributed by atoms with E-state index in [-0.39, 0.29) is 5.78 Å². The molecule has 31 heavy (non-hydrogen) atoms. The van der Waals surface area contributed by atoms with Crippen LogP contribution in [0.3, 0.4) is 0 Å². The number of ketones is 1. The van der Waals surface area contributed by atoms with Crippen molar-refractivity contribution in [3.63, 3.8) is 0 Å². The van der Waals surface area contributed by atoms with Gasteiger partial charge in [0.25, 0.3) is 0 Å². The highest BCUT2D eigenvalue weighted by molar-refractivity contribution is 6.04. The maximum Gasteiger partial charge on any atom is 0.203 e. The topological polar surface area (TPSA) is 56.8 Å². The number of ether oxygens (including phenoxy) is 3. The average molecular weight is 415 g/mol. The van der Waals surface area contributed by atoms with Gasteiger partial charge in [-0.3, -0.25) is 4.79 Å². The van der Waals surface area contributed by atoms with E-state index in [2.05, 4.69) is 5.32 Å². The molecule has 0 saturated carbocycles. The highest BCUT2D eigenvalue weighted by Gasteiger charge is 2.11. The van der Waals surface area contributed by atoms with Crippen LogP contribution in [0.4, 0.5) is 5.69 Å². The van der Waals surface area contributed by atoms with Crippen molar-refractivity contribution >= 4 is 23.6 Å². The van der Waals surface area contributed by atoms with Crippen LogP contribution in [0.2, 0.25) is 0 Å². The zero-order valence-electron chi connectivity index (χ0n) is 17.8. The van der Waals surface area contributed by atoms with Crippen molar-refractivity contribution in [1.82, 2.24) is 0 Å². The predicted octanol–water partition coefficient (Wildman–Crippen LogP) is 5.69. The largest absolute Gasteiger partial charge is 0.493 e. The van der Waals surface area contributed by atoms with Gasteiger partial charge in [-0.25, -0.2) is 0 Å². The first kappa shape index (κ1) is 21.7. The van der Waals surface area contributed by atoms with Crippen molar-refractivity contribution in [2.24, 2.45) is 0 Å². The number of nitrogens with one attached hydrogen (secondary N) is 1. The van der Waals surface area contributed by atoms with E-state index in [0.29, 0.717) is 22.8 Å². The first-order valence-corrected chi connectivity index (χ1v) is 9.75. The van der Waals surface area contributed by atoms with E-state index in [1.807, 2.05) is 66.7 Å². The van der Waals surface area contributed by atoms with Gasteiger partial charge in [0.15, 0.2) is 17.3 Å². The minimum Gasteiger partial charge on any atom is -0.493 e. The van der Waals surface area contributed by atoms with Crippen LogP contribution in [-0.2, 0) is 0 Å². The van der Waals surface area contributed by atoms with Gasteiger partial charge >= 0.3 is 0 Å². The maximum absolute atomic E-state index is 12.1. The molecule has 0 fully saturated rings. The summed E-state index contributed by atoms with van der Waals surface area (Å²) in [6.45, 7) is 0. The van der Waals surface area contributed by atoms with Crippen LogP contribution in [0.1, 0.15) is 21.5 Å². The third-order valence-corrected chi connectivity index (χ3v) is 4.61. The van der Waals surface area contributed by atoms with Crippen molar-refractivity contribution in [2.45, 2.75) is 0 Å². The zero-order chi connectivity index (χ0) is 22.1. The molecule has 0 heterocycles. The SMILES string of the molecule is COc1cc(C=Cc2ccc(N/C=C\C(=O)c3ccccc3)cc2)cc(OC)c1OC. The molecule has 0 bridgehead atoms. The van der Waals surface area contributed by atoms with Crippen molar-refractivity contribution in [3.8, 4) is 17.2 Å². The second-order valence-corrected chi connectivity index (χ2v) is 6.62. The third kappa shape index (κ3) is 5.76. The Hall–Kier alpha value is -3.99. The molecule has 0 spiro atoms. The number of carbonyl (C=O) groups is 1. The lowest BCUT2D eigenvalue weighted by Gasteiger charge is -2.12. The van der Waals surface area contributed by atoms with Crippen LogP contribution in [0.25, 0.3) is 12.2 Å². The Morgan fingerprint density at radius 2 is 1.39 bits per heavy atom. The quantitative estimate of drug-likeness (QED) is 0.276. The lowest BCUT2D eigenvalue weighted by Crippen LogP contribution is -1.95. The molecule has 3 aromatic carbocycles. The highest BCUT2D eigenvalue weighted by atomic mass is 16.5. The van der Waals surface area contributed by atoms with Gasteiger partial charge in [0.05, 0.1) is 21.3 Å². The van der Waals surface area contributed by atoms with E-state index in [0.717, 1.165) is 16.8 Å². The van der Waals surface area contributed by atoms with Crippen LogP contribution in [0.15, 0.2) is 79.0 Å². The number of benzene rings is 3. The second-order valence-electron chi connectivity index (χ2n) is 6.62. The van der Waals surface area contributed by atoms with Gasteiger partial charge in [-0.1, -0.05) is 54.6 Å². The number of carbonyl (C=O) groups excluding carboxylic acids is 1. The van der Waals surface area contributed by atoms with Gasteiger partial charge in [0, 0.05) is 23.5 Å². The summed E-state index contributed by atoms with van der Waals surface area (Å²) in [6.07, 6.45) is 7.15. The average Bonchev–Trinajstić information content (AvgIpc) is 2.83. The number of allylic oxidation sites excluding steroid dienone is 1. The Morgan fingerprint density at radius 1 is 0.774 bits per heavy atom. The van der Waals surface area contributed by atoms with Crippen molar-refractivity contribution in [2.75, 3.05) is 26.6 Å². The van der Waals surface area contributed by atoms with Crippen LogP contribution in [0, 0.1) is 0 Å². The molecule has 0 aliphatic rings. The van der Waals surface area contributed by atoms with E-state index < -0.39 is 0 Å². The molecule has 1 N–H and O–H groups in total. The molecule has 3 aromatic rings. The van der Waals surface area contributed by atoms with Crippen molar-refractivity contribution in [3.05, 3.63) is 95.7 Å². The normalized spacial score (nSPS) is 10.9. The highest BCUT2D eigenvalue weighted by Crippen LogP contribution is 2.38. The minimum absolute atomic E-state index is 0.0435. The predicted molar refractivity (Wildman–Crippen MR) is 125 cm³/mol. The van der Waals surface area contributed by atoms with Crippen LogP contribution < -0.4 is 19.5 Å². The fourth-order valence-corrected chi connectivity index (χ4v) is 2.99. The smallest absolute Gasteiger partial charge is 0.203 e. The van der Waals surface area contributed by atoms with E-state index in [9.17, 15) is 4.79 Å². The number of hydrogen-bond donors (Lipinski definition) is 1. The number of rotatable bonds is 9. The summed E-state index contributed by atoms with van der Waals surface area (Å²) < 4.78 is 16.1. The Labute approximate surface area is 182 Å². The van der Waals surface area contributed by atoms with Crippen molar-refractivity contribution in [1.29, 1.82) is 0 Å². The van der Waals surface area contributed by atoms with Gasteiger partial charge in [-0.2, -0.15) is 0 Å². The molecule has 0 aliphatic heterocycles. The fraction of sp³-hybridized carbons (Fsp3) is 0.115. The summed E-state index contributed by atoms with van der Waals surface area (Å²) >= 11 is 0. The monoisotopic (exact) mass is 415 g/mol. The number of anilines is 1. The van der Waals surface area contributed by atoms with E-state index >= 15 is 0 Å². The summed E-state index contributed by atoms with van der Waals surface area (Å²) in [5.41, 5.74) is 3.51. The molecule has 5 heteroatoms. The van der Waals surface area contributed by atoms with Gasteiger partial charge in [0.1, 0.15) is 0 Å². The Bertz CT molecular complexity index is 1050. The molecule has 0 aliphatic carbocycles. The molecule has 0 unspecified atom stereocenters. The minimum atomic E-state index is -0.0435. The molecular formula is C26H25NO4. The molecule has 158 valence electrons. The van der Waals surface area contributed by atoms with Gasteiger partial charge in [0.2, 0.25) is 5.75 Å². The number of methoxy groups -OCH3 is 3. The number of hydrogen-bond acceptors (Lipinski definition) is 5. The third-order valence-electron chi connectivity index (χ3n) is 4.61. The summed E-state index contributed by atoms with van der Waals surface area (Å²) in [6, 6.07) is 20.8. The standard InChI is InChI=1S/C26H25NO4/c1-29-24-17-20(18-25(30-2)26(24)31-3)10-9-19-11-13-22(14-12-19)27-16-15-23(28)21-7-5-4-6-8-21/h4-18,27H,1-3H3/b10-9?,16-15-.